The molecule has 7 heteroatoms. The zero-order valence-electron chi connectivity index (χ0n) is 12.0. The van der Waals surface area contributed by atoms with Crippen LogP contribution in [-0.4, -0.2) is 29.5 Å². The lowest BCUT2D eigenvalue weighted by molar-refractivity contribution is -0.385. The molecule has 0 aliphatic carbocycles. The largest absolute Gasteiger partial charge is 0.356 e. The summed E-state index contributed by atoms with van der Waals surface area (Å²) in [6, 6.07) is 4.65. The van der Waals surface area contributed by atoms with E-state index in [1.165, 1.54) is 6.07 Å². The molecule has 20 heavy (non-hydrogen) atoms. The minimum atomic E-state index is -0.602. The van der Waals surface area contributed by atoms with E-state index < -0.39 is 4.92 Å². The molecule has 0 spiro atoms. The van der Waals surface area contributed by atoms with E-state index in [0.717, 1.165) is 0 Å². The van der Waals surface area contributed by atoms with Crippen molar-refractivity contribution < 1.29 is 4.92 Å². The molecule has 2 N–H and O–H groups in total. The maximum atomic E-state index is 10.8. The average molecular weight is 277 g/mol. The van der Waals surface area contributed by atoms with Crippen LogP contribution in [0.25, 0.3) is 0 Å². The molecular weight excluding hydrogens is 258 g/mol. The Hall–Kier alpha value is -2.20. The standard InChI is InChI=1S/C13H19N5O2/c1-4-17(9-13(2,3)8-15)12-6-5-11(18(19)20)10(7-14)16-12/h5-6H,4,8-9,15H2,1-3H3. The Morgan fingerprint density at radius 1 is 1.55 bits per heavy atom. The Balaban J connectivity index is 3.12. The highest BCUT2D eigenvalue weighted by atomic mass is 16.6. The van der Waals surface area contributed by atoms with Crippen LogP contribution in [0.15, 0.2) is 12.1 Å². The molecule has 0 aromatic carbocycles. The Kier molecular flexibility index (Phi) is 5.00. The van der Waals surface area contributed by atoms with Crippen molar-refractivity contribution in [3.8, 4) is 6.07 Å². The predicted octanol–water partition coefficient (Wildman–Crippen LogP) is 1.67. The Bertz CT molecular complexity index is 536. The summed E-state index contributed by atoms with van der Waals surface area (Å²) in [5, 5.41) is 19.8. The molecule has 1 heterocycles. The molecule has 1 aromatic heterocycles. The monoisotopic (exact) mass is 277 g/mol. The van der Waals surface area contributed by atoms with Crippen molar-refractivity contribution in [1.29, 1.82) is 5.26 Å². The van der Waals surface area contributed by atoms with Crippen LogP contribution in [0.3, 0.4) is 0 Å². The molecule has 0 unspecified atom stereocenters. The molecule has 0 aliphatic rings. The summed E-state index contributed by atoms with van der Waals surface area (Å²) in [6.07, 6.45) is 0. The molecule has 1 rings (SSSR count). The van der Waals surface area contributed by atoms with Gasteiger partial charge in [0.15, 0.2) is 0 Å². The first-order valence-electron chi connectivity index (χ1n) is 6.35. The van der Waals surface area contributed by atoms with Gasteiger partial charge in [0.05, 0.1) is 4.92 Å². The van der Waals surface area contributed by atoms with E-state index in [0.29, 0.717) is 25.5 Å². The van der Waals surface area contributed by atoms with Crippen LogP contribution in [0.4, 0.5) is 11.5 Å². The van der Waals surface area contributed by atoms with E-state index >= 15 is 0 Å². The number of nitrogens with zero attached hydrogens (tertiary/aromatic N) is 4. The molecule has 0 saturated heterocycles. The van der Waals surface area contributed by atoms with Gasteiger partial charge < -0.3 is 10.6 Å². The SMILES string of the molecule is CCN(CC(C)(C)CN)c1ccc([N+](=O)[O-])c(C#N)n1. The molecule has 108 valence electrons. The molecule has 1 aromatic rings. The number of anilines is 1. The zero-order chi connectivity index (χ0) is 15.3. The lowest BCUT2D eigenvalue weighted by Crippen LogP contribution is -2.39. The molecule has 7 nitrogen and oxygen atoms in total. The van der Waals surface area contributed by atoms with E-state index in [1.807, 2.05) is 25.7 Å². The van der Waals surface area contributed by atoms with Gasteiger partial charge in [-0.25, -0.2) is 4.98 Å². The van der Waals surface area contributed by atoms with Crippen LogP contribution in [-0.2, 0) is 0 Å². The topological polar surface area (TPSA) is 109 Å². The normalized spacial score (nSPS) is 10.9. The molecule has 0 aliphatic heterocycles. The fourth-order valence-electron chi connectivity index (χ4n) is 1.78. The lowest BCUT2D eigenvalue weighted by atomic mass is 9.93. The molecule has 0 saturated carbocycles. The summed E-state index contributed by atoms with van der Waals surface area (Å²) in [4.78, 5) is 16.2. The molecule has 0 atom stereocenters. The number of pyridine rings is 1. The summed E-state index contributed by atoms with van der Waals surface area (Å²) in [5.41, 5.74) is 5.17. The van der Waals surface area contributed by atoms with Gasteiger partial charge in [0.1, 0.15) is 11.9 Å². The maximum Gasteiger partial charge on any atom is 0.305 e. The fraction of sp³-hybridized carbons (Fsp3) is 0.538. The van der Waals surface area contributed by atoms with Crippen molar-refractivity contribution >= 4 is 11.5 Å². The third-order valence-corrected chi connectivity index (χ3v) is 3.04. The van der Waals surface area contributed by atoms with Crippen LogP contribution in [0, 0.1) is 26.9 Å². The number of hydrogen-bond donors (Lipinski definition) is 1. The van der Waals surface area contributed by atoms with Gasteiger partial charge in [0.25, 0.3) is 0 Å². The second-order valence-electron chi connectivity index (χ2n) is 5.29. The number of aromatic nitrogens is 1. The third-order valence-electron chi connectivity index (χ3n) is 3.04. The molecule has 0 amide bonds. The summed E-state index contributed by atoms with van der Waals surface area (Å²) >= 11 is 0. The van der Waals surface area contributed by atoms with Crippen molar-refractivity contribution in [2.75, 3.05) is 24.5 Å². The van der Waals surface area contributed by atoms with Crippen LogP contribution in [0.2, 0.25) is 0 Å². The summed E-state index contributed by atoms with van der Waals surface area (Å²) < 4.78 is 0. The summed E-state index contributed by atoms with van der Waals surface area (Å²) in [7, 11) is 0. The number of nitro groups is 1. The highest BCUT2D eigenvalue weighted by Gasteiger charge is 2.22. The van der Waals surface area contributed by atoms with Crippen LogP contribution in [0.1, 0.15) is 26.5 Å². The van der Waals surface area contributed by atoms with E-state index in [4.69, 9.17) is 11.0 Å². The van der Waals surface area contributed by atoms with Crippen molar-refractivity contribution in [3.05, 3.63) is 27.9 Å². The van der Waals surface area contributed by atoms with Gasteiger partial charge in [-0.3, -0.25) is 10.1 Å². The van der Waals surface area contributed by atoms with E-state index in [-0.39, 0.29) is 16.8 Å². The van der Waals surface area contributed by atoms with Crippen LogP contribution >= 0.6 is 0 Å². The van der Waals surface area contributed by atoms with Crippen LogP contribution < -0.4 is 10.6 Å². The van der Waals surface area contributed by atoms with Gasteiger partial charge in [0, 0.05) is 19.2 Å². The van der Waals surface area contributed by atoms with Crippen molar-refractivity contribution in [1.82, 2.24) is 4.98 Å². The molecule has 0 fully saturated rings. The zero-order valence-corrected chi connectivity index (χ0v) is 12.0. The van der Waals surface area contributed by atoms with Gasteiger partial charge in [-0.2, -0.15) is 5.26 Å². The number of nitrogens with two attached hydrogens (primary N) is 1. The van der Waals surface area contributed by atoms with Gasteiger partial charge in [0.2, 0.25) is 5.69 Å². The van der Waals surface area contributed by atoms with Gasteiger partial charge >= 0.3 is 5.69 Å². The molecule has 0 radical (unpaired) electrons. The van der Waals surface area contributed by atoms with Gasteiger partial charge in [-0.1, -0.05) is 13.8 Å². The van der Waals surface area contributed by atoms with E-state index in [1.54, 1.807) is 12.1 Å². The second-order valence-corrected chi connectivity index (χ2v) is 5.29. The number of hydrogen-bond acceptors (Lipinski definition) is 6. The Morgan fingerprint density at radius 3 is 2.65 bits per heavy atom. The van der Waals surface area contributed by atoms with Crippen LogP contribution in [0.5, 0.6) is 0 Å². The maximum absolute atomic E-state index is 10.8. The lowest BCUT2D eigenvalue weighted by Gasteiger charge is -2.31. The highest BCUT2D eigenvalue weighted by molar-refractivity contribution is 5.51. The molecule has 0 bridgehead atoms. The fourth-order valence-corrected chi connectivity index (χ4v) is 1.78. The smallest absolute Gasteiger partial charge is 0.305 e. The Labute approximate surface area is 118 Å². The predicted molar refractivity (Wildman–Crippen MR) is 76.3 cm³/mol. The van der Waals surface area contributed by atoms with Crippen molar-refractivity contribution in [2.45, 2.75) is 20.8 Å². The summed E-state index contributed by atoms with van der Waals surface area (Å²) in [5.74, 6) is 0.552. The minimum Gasteiger partial charge on any atom is -0.356 e. The quantitative estimate of drug-likeness (QED) is 0.625. The second kappa shape index (κ2) is 6.30. The average Bonchev–Trinajstić information content (AvgIpc) is 2.43. The first kappa shape index (κ1) is 15.9. The van der Waals surface area contributed by atoms with Gasteiger partial charge in [-0.15, -0.1) is 0 Å². The number of rotatable bonds is 6. The first-order chi connectivity index (χ1) is 9.34. The van der Waals surface area contributed by atoms with Crippen molar-refractivity contribution in [3.63, 3.8) is 0 Å². The highest BCUT2D eigenvalue weighted by Crippen LogP contribution is 2.23. The molecular formula is C13H19N5O2. The minimum absolute atomic E-state index is 0.105. The van der Waals surface area contributed by atoms with E-state index in [2.05, 4.69) is 4.98 Å². The Morgan fingerprint density at radius 2 is 2.20 bits per heavy atom. The van der Waals surface area contributed by atoms with Crippen molar-refractivity contribution in [2.24, 2.45) is 11.1 Å². The number of nitriles is 1. The van der Waals surface area contributed by atoms with Gasteiger partial charge in [-0.05, 0) is 24.9 Å². The summed E-state index contributed by atoms with van der Waals surface area (Å²) in [6.45, 7) is 7.89. The van der Waals surface area contributed by atoms with E-state index in [9.17, 15) is 10.1 Å². The first-order valence-corrected chi connectivity index (χ1v) is 6.35. The third kappa shape index (κ3) is 3.65.